The fourth-order valence-electron chi connectivity index (χ4n) is 4.66. The molecule has 1 nitrogen and oxygen atoms in total. The highest BCUT2D eigenvalue weighted by Crippen LogP contribution is 2.40. The predicted molar refractivity (Wildman–Crippen MR) is 147 cm³/mol. The summed E-state index contributed by atoms with van der Waals surface area (Å²) in [5, 5.41) is 0. The van der Waals surface area contributed by atoms with Gasteiger partial charge in [0.25, 0.3) is 0 Å². The third-order valence-electron chi connectivity index (χ3n) is 6.24. The van der Waals surface area contributed by atoms with Crippen molar-refractivity contribution in [1.29, 1.82) is 0 Å². The lowest BCUT2D eigenvalue weighted by Crippen LogP contribution is -1.96. The maximum absolute atomic E-state index is 3.59. The Morgan fingerprint density at radius 1 is 0.441 bits per heavy atom. The summed E-state index contributed by atoms with van der Waals surface area (Å²) in [4.78, 5) is 0. The average molecular weight is 500 g/mol. The molecule has 0 amide bonds. The van der Waals surface area contributed by atoms with Crippen LogP contribution in [0.25, 0.3) is 50.3 Å². The third kappa shape index (κ3) is 3.76. The standard InChI is InChI=1S/C32H22BrN/c33-28-18-16-24(17-19-28)30-22-29-20-27(23-10-4-1-5-11-23)21-31(25-12-6-2-7-13-25)34(29)32(30)26-14-8-3-9-15-26/h1-22H. The molecular formula is C32H22BrN. The molecule has 0 spiro atoms. The zero-order valence-corrected chi connectivity index (χ0v) is 20.1. The highest BCUT2D eigenvalue weighted by atomic mass is 79.9. The molecule has 6 rings (SSSR count). The normalized spacial score (nSPS) is 11.1. The molecule has 0 aliphatic carbocycles. The number of halogens is 1. The first-order valence-corrected chi connectivity index (χ1v) is 12.2. The van der Waals surface area contributed by atoms with Crippen molar-refractivity contribution >= 4 is 21.4 Å². The molecule has 0 atom stereocenters. The van der Waals surface area contributed by atoms with Gasteiger partial charge in [0.1, 0.15) is 0 Å². The smallest absolute Gasteiger partial charge is 0.0613 e. The van der Waals surface area contributed by atoms with Crippen molar-refractivity contribution in [2.45, 2.75) is 0 Å². The first-order chi connectivity index (χ1) is 16.8. The minimum atomic E-state index is 1.08. The van der Waals surface area contributed by atoms with Gasteiger partial charge in [-0.2, -0.15) is 0 Å². The Morgan fingerprint density at radius 3 is 1.62 bits per heavy atom. The van der Waals surface area contributed by atoms with E-state index < -0.39 is 0 Å². The summed E-state index contributed by atoms with van der Waals surface area (Å²) in [5.74, 6) is 0. The molecule has 0 radical (unpaired) electrons. The second-order valence-electron chi connectivity index (χ2n) is 8.40. The fourth-order valence-corrected chi connectivity index (χ4v) is 4.92. The van der Waals surface area contributed by atoms with Crippen LogP contribution in [0, 0.1) is 0 Å². The lowest BCUT2D eigenvalue weighted by atomic mass is 10.0. The van der Waals surface area contributed by atoms with Crippen LogP contribution in [0.1, 0.15) is 0 Å². The van der Waals surface area contributed by atoms with E-state index in [0.29, 0.717) is 0 Å². The first kappa shape index (κ1) is 20.7. The Hall–Kier alpha value is -3.88. The van der Waals surface area contributed by atoms with E-state index in [1.54, 1.807) is 0 Å². The van der Waals surface area contributed by atoms with Gasteiger partial charge in [0, 0.05) is 15.6 Å². The Kier molecular flexibility index (Phi) is 5.37. The maximum atomic E-state index is 3.59. The van der Waals surface area contributed by atoms with E-state index in [1.807, 2.05) is 0 Å². The number of hydrogen-bond acceptors (Lipinski definition) is 0. The van der Waals surface area contributed by atoms with Crippen molar-refractivity contribution in [2.24, 2.45) is 0 Å². The van der Waals surface area contributed by atoms with Gasteiger partial charge in [-0.1, -0.05) is 119 Å². The number of rotatable bonds is 4. The molecule has 34 heavy (non-hydrogen) atoms. The fraction of sp³-hybridized carbons (Fsp3) is 0. The van der Waals surface area contributed by atoms with Crippen LogP contribution >= 0.6 is 15.9 Å². The van der Waals surface area contributed by atoms with E-state index in [9.17, 15) is 0 Å². The molecule has 0 bridgehead atoms. The summed E-state index contributed by atoms with van der Waals surface area (Å²) >= 11 is 3.59. The van der Waals surface area contributed by atoms with Crippen LogP contribution in [0.3, 0.4) is 0 Å². The molecule has 0 saturated heterocycles. The molecule has 0 fully saturated rings. The monoisotopic (exact) mass is 499 g/mol. The van der Waals surface area contributed by atoms with Gasteiger partial charge < -0.3 is 4.40 Å². The predicted octanol–water partition coefficient (Wildman–Crippen LogP) is 9.37. The number of pyridine rings is 1. The molecule has 0 aliphatic heterocycles. The molecule has 162 valence electrons. The van der Waals surface area contributed by atoms with Crippen LogP contribution in [-0.4, -0.2) is 4.40 Å². The quantitative estimate of drug-likeness (QED) is 0.227. The molecule has 0 aliphatic rings. The number of benzene rings is 4. The van der Waals surface area contributed by atoms with Crippen molar-refractivity contribution < 1.29 is 0 Å². The van der Waals surface area contributed by atoms with E-state index in [4.69, 9.17) is 0 Å². The second-order valence-corrected chi connectivity index (χ2v) is 9.32. The van der Waals surface area contributed by atoms with Gasteiger partial charge in [0.05, 0.1) is 11.4 Å². The van der Waals surface area contributed by atoms with E-state index in [2.05, 4.69) is 154 Å². The minimum absolute atomic E-state index is 1.08. The van der Waals surface area contributed by atoms with E-state index in [0.717, 1.165) is 4.47 Å². The van der Waals surface area contributed by atoms with Crippen molar-refractivity contribution in [3.63, 3.8) is 0 Å². The van der Waals surface area contributed by atoms with Gasteiger partial charge in [0.2, 0.25) is 0 Å². The Balaban J connectivity index is 1.73. The first-order valence-electron chi connectivity index (χ1n) is 11.4. The van der Waals surface area contributed by atoms with E-state index in [-0.39, 0.29) is 0 Å². The maximum Gasteiger partial charge on any atom is 0.0613 e. The second kappa shape index (κ2) is 8.81. The van der Waals surface area contributed by atoms with Crippen LogP contribution < -0.4 is 0 Å². The Labute approximate surface area is 208 Å². The molecule has 0 N–H and O–H groups in total. The highest BCUT2D eigenvalue weighted by Gasteiger charge is 2.18. The summed E-state index contributed by atoms with van der Waals surface area (Å²) in [6.45, 7) is 0. The summed E-state index contributed by atoms with van der Waals surface area (Å²) in [7, 11) is 0. The highest BCUT2D eigenvalue weighted by molar-refractivity contribution is 9.10. The lowest BCUT2D eigenvalue weighted by molar-refractivity contribution is 1.21. The molecule has 2 heterocycles. The van der Waals surface area contributed by atoms with Crippen LogP contribution in [0.4, 0.5) is 0 Å². The van der Waals surface area contributed by atoms with Crippen LogP contribution in [0.5, 0.6) is 0 Å². The van der Waals surface area contributed by atoms with Crippen molar-refractivity contribution in [3.05, 3.63) is 138 Å². The summed E-state index contributed by atoms with van der Waals surface area (Å²) in [6.07, 6.45) is 0. The van der Waals surface area contributed by atoms with Crippen molar-refractivity contribution in [1.82, 2.24) is 4.40 Å². The van der Waals surface area contributed by atoms with Gasteiger partial charge in [0.15, 0.2) is 0 Å². The molecule has 2 heteroatoms. The minimum Gasteiger partial charge on any atom is -0.309 e. The molecule has 2 aromatic heterocycles. The molecule has 4 aromatic carbocycles. The van der Waals surface area contributed by atoms with E-state index >= 15 is 0 Å². The van der Waals surface area contributed by atoms with Gasteiger partial charge in [-0.05, 0) is 58.1 Å². The number of nitrogens with zero attached hydrogens (tertiary/aromatic N) is 1. The SMILES string of the molecule is Brc1ccc(-c2cc3cc(-c4ccccc4)cc(-c4ccccc4)n3c2-c2ccccc2)cc1. The number of fused-ring (bicyclic) bond motifs is 1. The average Bonchev–Trinajstić information content (AvgIpc) is 3.29. The molecular weight excluding hydrogens is 478 g/mol. The van der Waals surface area contributed by atoms with Crippen LogP contribution in [-0.2, 0) is 0 Å². The Bertz CT molecular complexity index is 1570. The van der Waals surface area contributed by atoms with Crippen LogP contribution in [0.2, 0.25) is 0 Å². The molecule has 0 unspecified atom stereocenters. The van der Waals surface area contributed by atoms with Crippen molar-refractivity contribution in [3.8, 4) is 44.8 Å². The Morgan fingerprint density at radius 2 is 1.00 bits per heavy atom. The number of aromatic nitrogens is 1. The topological polar surface area (TPSA) is 4.41 Å². The molecule has 0 saturated carbocycles. The molecule has 6 aromatic rings. The summed E-state index contributed by atoms with van der Waals surface area (Å²) in [6, 6.07) is 47.5. The van der Waals surface area contributed by atoms with Crippen molar-refractivity contribution in [2.75, 3.05) is 0 Å². The van der Waals surface area contributed by atoms with Gasteiger partial charge in [-0.3, -0.25) is 0 Å². The van der Waals surface area contributed by atoms with Gasteiger partial charge in [-0.15, -0.1) is 0 Å². The zero-order valence-electron chi connectivity index (χ0n) is 18.5. The largest absolute Gasteiger partial charge is 0.309 e. The van der Waals surface area contributed by atoms with Gasteiger partial charge in [-0.25, -0.2) is 0 Å². The number of hydrogen-bond donors (Lipinski definition) is 0. The van der Waals surface area contributed by atoms with Gasteiger partial charge >= 0.3 is 0 Å². The summed E-state index contributed by atoms with van der Waals surface area (Å²) < 4.78 is 3.49. The van der Waals surface area contributed by atoms with E-state index in [1.165, 1.54) is 50.3 Å². The third-order valence-corrected chi connectivity index (χ3v) is 6.77. The zero-order chi connectivity index (χ0) is 22.9. The lowest BCUT2D eigenvalue weighted by Gasteiger charge is -2.15. The summed E-state index contributed by atoms with van der Waals surface area (Å²) in [5.41, 5.74) is 10.8. The van der Waals surface area contributed by atoms with Crippen LogP contribution in [0.15, 0.2) is 138 Å².